The van der Waals surface area contributed by atoms with Gasteiger partial charge < -0.3 is 10.1 Å². The molecule has 22 heavy (non-hydrogen) atoms. The SMILES string of the molecule is Cc1nnc2c(NC(=O)COc3ccc(F)cc3)cccn12. The van der Waals surface area contributed by atoms with E-state index in [2.05, 4.69) is 15.5 Å². The fourth-order valence-electron chi connectivity index (χ4n) is 1.99. The van der Waals surface area contributed by atoms with Gasteiger partial charge in [-0.1, -0.05) is 0 Å². The molecule has 112 valence electrons. The average molecular weight is 300 g/mol. The maximum atomic E-state index is 12.8. The van der Waals surface area contributed by atoms with Gasteiger partial charge in [0.05, 0.1) is 5.69 Å². The van der Waals surface area contributed by atoms with Crippen LogP contribution in [0, 0.1) is 12.7 Å². The number of fused-ring (bicyclic) bond motifs is 1. The molecule has 0 bridgehead atoms. The highest BCUT2D eigenvalue weighted by molar-refractivity contribution is 5.95. The Morgan fingerprint density at radius 2 is 2.05 bits per heavy atom. The maximum Gasteiger partial charge on any atom is 0.262 e. The summed E-state index contributed by atoms with van der Waals surface area (Å²) in [7, 11) is 0. The number of hydrogen-bond acceptors (Lipinski definition) is 4. The first-order valence-corrected chi connectivity index (χ1v) is 6.62. The van der Waals surface area contributed by atoms with Gasteiger partial charge in [-0.3, -0.25) is 9.20 Å². The lowest BCUT2D eigenvalue weighted by atomic mass is 10.3. The van der Waals surface area contributed by atoms with Crippen LogP contribution in [0.3, 0.4) is 0 Å². The lowest BCUT2D eigenvalue weighted by Gasteiger charge is -2.08. The van der Waals surface area contributed by atoms with E-state index in [9.17, 15) is 9.18 Å². The van der Waals surface area contributed by atoms with E-state index in [-0.39, 0.29) is 18.3 Å². The summed E-state index contributed by atoms with van der Waals surface area (Å²) in [5, 5.41) is 10.7. The van der Waals surface area contributed by atoms with Crippen LogP contribution in [0.1, 0.15) is 5.82 Å². The van der Waals surface area contributed by atoms with Crippen LogP contribution in [0.25, 0.3) is 5.65 Å². The van der Waals surface area contributed by atoms with E-state index < -0.39 is 0 Å². The molecule has 0 radical (unpaired) electrons. The fraction of sp³-hybridized carbons (Fsp3) is 0.133. The molecular weight excluding hydrogens is 287 g/mol. The number of nitrogens with zero attached hydrogens (tertiary/aromatic N) is 3. The zero-order valence-electron chi connectivity index (χ0n) is 11.8. The molecule has 1 amide bonds. The summed E-state index contributed by atoms with van der Waals surface area (Å²) in [4.78, 5) is 11.9. The smallest absolute Gasteiger partial charge is 0.262 e. The number of carbonyl (C=O) groups is 1. The molecule has 6 nitrogen and oxygen atoms in total. The second-order valence-corrected chi connectivity index (χ2v) is 4.65. The van der Waals surface area contributed by atoms with Gasteiger partial charge in [-0.15, -0.1) is 10.2 Å². The Bertz CT molecular complexity index is 814. The van der Waals surface area contributed by atoms with E-state index >= 15 is 0 Å². The predicted octanol–water partition coefficient (Wildman–Crippen LogP) is 2.19. The van der Waals surface area contributed by atoms with Gasteiger partial charge in [0, 0.05) is 6.20 Å². The van der Waals surface area contributed by atoms with Crippen molar-refractivity contribution in [1.29, 1.82) is 0 Å². The predicted molar refractivity (Wildman–Crippen MR) is 78.2 cm³/mol. The number of amides is 1. The van der Waals surface area contributed by atoms with E-state index in [4.69, 9.17) is 4.74 Å². The number of benzene rings is 1. The third-order valence-electron chi connectivity index (χ3n) is 3.06. The van der Waals surface area contributed by atoms with Crippen molar-refractivity contribution in [3.8, 4) is 5.75 Å². The summed E-state index contributed by atoms with van der Waals surface area (Å²) >= 11 is 0. The Labute approximate surface area is 125 Å². The van der Waals surface area contributed by atoms with E-state index in [1.165, 1.54) is 24.3 Å². The Morgan fingerprint density at radius 3 is 2.82 bits per heavy atom. The standard InChI is InChI=1S/C15H13FN4O2/c1-10-18-19-15-13(3-2-8-20(10)15)17-14(21)9-22-12-6-4-11(16)5-7-12/h2-8H,9H2,1H3,(H,17,21). The van der Waals surface area contributed by atoms with Crippen molar-refractivity contribution < 1.29 is 13.9 Å². The fourth-order valence-corrected chi connectivity index (χ4v) is 1.99. The highest BCUT2D eigenvalue weighted by Crippen LogP contribution is 2.15. The summed E-state index contributed by atoms with van der Waals surface area (Å²) in [6, 6.07) is 9.00. The maximum absolute atomic E-state index is 12.8. The quantitative estimate of drug-likeness (QED) is 0.802. The summed E-state index contributed by atoms with van der Waals surface area (Å²) in [6.45, 7) is 1.64. The lowest BCUT2D eigenvalue weighted by molar-refractivity contribution is -0.118. The molecule has 0 atom stereocenters. The molecule has 0 fully saturated rings. The zero-order valence-corrected chi connectivity index (χ0v) is 11.8. The molecular formula is C15H13FN4O2. The van der Waals surface area contributed by atoms with Gasteiger partial charge in [0.25, 0.3) is 5.91 Å². The first-order valence-electron chi connectivity index (χ1n) is 6.62. The van der Waals surface area contributed by atoms with E-state index in [1.807, 2.05) is 13.1 Å². The Kier molecular flexibility index (Phi) is 3.69. The van der Waals surface area contributed by atoms with E-state index in [1.54, 1.807) is 16.5 Å². The van der Waals surface area contributed by atoms with Crippen LogP contribution in [-0.2, 0) is 4.79 Å². The first kappa shape index (κ1) is 14.0. The Morgan fingerprint density at radius 1 is 1.27 bits per heavy atom. The van der Waals surface area contributed by atoms with Crippen molar-refractivity contribution in [3.63, 3.8) is 0 Å². The summed E-state index contributed by atoms with van der Waals surface area (Å²) in [6.07, 6.45) is 1.81. The number of carbonyl (C=O) groups excluding carboxylic acids is 1. The van der Waals surface area contributed by atoms with Gasteiger partial charge in [-0.25, -0.2) is 4.39 Å². The topological polar surface area (TPSA) is 68.5 Å². The summed E-state index contributed by atoms with van der Waals surface area (Å²) in [5.41, 5.74) is 1.12. The van der Waals surface area contributed by atoms with Gasteiger partial charge in [-0.05, 0) is 43.3 Å². The molecule has 0 saturated carbocycles. The van der Waals surface area contributed by atoms with Crippen LogP contribution in [0.4, 0.5) is 10.1 Å². The van der Waals surface area contributed by atoms with Crippen LogP contribution < -0.4 is 10.1 Å². The molecule has 0 aliphatic carbocycles. The summed E-state index contributed by atoms with van der Waals surface area (Å²) < 4.78 is 19.8. The van der Waals surface area contributed by atoms with Crippen molar-refractivity contribution in [3.05, 3.63) is 54.2 Å². The number of aromatic nitrogens is 3. The van der Waals surface area contributed by atoms with Crippen molar-refractivity contribution in [2.45, 2.75) is 6.92 Å². The zero-order chi connectivity index (χ0) is 15.5. The van der Waals surface area contributed by atoms with Gasteiger partial charge in [0.1, 0.15) is 17.4 Å². The van der Waals surface area contributed by atoms with Crippen molar-refractivity contribution >= 4 is 17.2 Å². The average Bonchev–Trinajstić information content (AvgIpc) is 2.90. The number of rotatable bonds is 4. The minimum atomic E-state index is -0.356. The number of pyridine rings is 1. The molecule has 1 aromatic carbocycles. The minimum Gasteiger partial charge on any atom is -0.484 e. The molecule has 2 heterocycles. The van der Waals surface area contributed by atoms with Gasteiger partial charge in [0.2, 0.25) is 0 Å². The second kappa shape index (κ2) is 5.80. The van der Waals surface area contributed by atoms with Crippen LogP contribution in [0.5, 0.6) is 5.75 Å². The Balaban J connectivity index is 1.67. The van der Waals surface area contributed by atoms with Gasteiger partial charge in [-0.2, -0.15) is 0 Å². The van der Waals surface area contributed by atoms with Gasteiger partial charge >= 0.3 is 0 Å². The lowest BCUT2D eigenvalue weighted by Crippen LogP contribution is -2.20. The third kappa shape index (κ3) is 2.88. The highest BCUT2D eigenvalue weighted by atomic mass is 19.1. The van der Waals surface area contributed by atoms with E-state index in [0.29, 0.717) is 17.1 Å². The van der Waals surface area contributed by atoms with Crippen molar-refractivity contribution in [2.24, 2.45) is 0 Å². The van der Waals surface area contributed by atoms with Crippen LogP contribution in [-0.4, -0.2) is 27.1 Å². The molecule has 1 N–H and O–H groups in total. The van der Waals surface area contributed by atoms with Crippen LogP contribution in [0.15, 0.2) is 42.6 Å². The van der Waals surface area contributed by atoms with Crippen LogP contribution >= 0.6 is 0 Å². The first-order chi connectivity index (χ1) is 10.6. The third-order valence-corrected chi connectivity index (χ3v) is 3.06. The number of nitrogens with one attached hydrogen (secondary N) is 1. The Hall–Kier alpha value is -2.96. The number of aryl methyl sites for hydroxylation is 1. The van der Waals surface area contributed by atoms with E-state index in [0.717, 1.165) is 5.82 Å². The molecule has 0 aliphatic heterocycles. The largest absolute Gasteiger partial charge is 0.484 e. The summed E-state index contributed by atoms with van der Waals surface area (Å²) in [5.74, 6) is 0.463. The second-order valence-electron chi connectivity index (χ2n) is 4.65. The molecule has 0 unspecified atom stereocenters. The van der Waals surface area contributed by atoms with Crippen molar-refractivity contribution in [2.75, 3.05) is 11.9 Å². The van der Waals surface area contributed by atoms with Gasteiger partial charge in [0.15, 0.2) is 12.3 Å². The molecule has 7 heteroatoms. The number of hydrogen-bond donors (Lipinski definition) is 1. The van der Waals surface area contributed by atoms with Crippen molar-refractivity contribution in [1.82, 2.24) is 14.6 Å². The highest BCUT2D eigenvalue weighted by Gasteiger charge is 2.10. The normalized spacial score (nSPS) is 10.6. The molecule has 0 aliphatic rings. The number of halogens is 1. The number of ether oxygens (including phenoxy) is 1. The molecule has 0 spiro atoms. The molecule has 2 aromatic heterocycles. The molecule has 3 rings (SSSR count). The molecule has 0 saturated heterocycles. The monoisotopic (exact) mass is 300 g/mol. The minimum absolute atomic E-state index is 0.181. The number of anilines is 1. The van der Waals surface area contributed by atoms with Crippen LogP contribution in [0.2, 0.25) is 0 Å². The molecule has 3 aromatic rings.